The Morgan fingerprint density at radius 3 is 2.88 bits per heavy atom. The van der Waals surface area contributed by atoms with Crippen LogP contribution in [-0.4, -0.2) is 47.2 Å². The molecule has 0 spiro atoms. The molecule has 0 aliphatic carbocycles. The molecule has 1 amide bonds. The molecule has 0 aliphatic rings. The second-order valence-corrected chi connectivity index (χ2v) is 4.00. The van der Waals surface area contributed by atoms with Gasteiger partial charge in [0, 0.05) is 19.3 Å². The molecule has 1 heterocycles. The maximum Gasteiger partial charge on any atom is 0.241 e. The summed E-state index contributed by atoms with van der Waals surface area (Å²) in [5.74, 6) is -0.175. The Morgan fingerprint density at radius 2 is 2.35 bits per heavy atom. The first-order valence-electron chi connectivity index (χ1n) is 5.47. The van der Waals surface area contributed by atoms with E-state index in [1.807, 2.05) is 19.9 Å². The quantitative estimate of drug-likeness (QED) is 0.712. The Morgan fingerprint density at radius 1 is 1.65 bits per heavy atom. The summed E-state index contributed by atoms with van der Waals surface area (Å²) in [5, 5.41) is 16.2. The molecule has 2 N–H and O–H groups in total. The molecule has 1 unspecified atom stereocenters. The number of nitrogens with zero attached hydrogens (tertiary/aromatic N) is 2. The Kier molecular flexibility index (Phi) is 5.11. The van der Waals surface area contributed by atoms with Crippen molar-refractivity contribution in [2.75, 3.05) is 20.3 Å². The second kappa shape index (κ2) is 6.36. The number of aromatic nitrogens is 2. The van der Waals surface area contributed by atoms with E-state index in [-0.39, 0.29) is 25.6 Å². The summed E-state index contributed by atoms with van der Waals surface area (Å²) in [5.41, 5.74) is 1.82. The number of ether oxygens (including phenoxy) is 1. The largest absolute Gasteiger partial charge is 0.389 e. The van der Waals surface area contributed by atoms with Crippen LogP contribution < -0.4 is 5.32 Å². The van der Waals surface area contributed by atoms with Crippen LogP contribution in [0.2, 0.25) is 0 Å². The zero-order valence-electron chi connectivity index (χ0n) is 10.4. The minimum absolute atomic E-state index is 0.166. The van der Waals surface area contributed by atoms with Gasteiger partial charge in [0.2, 0.25) is 5.91 Å². The third-order valence-corrected chi connectivity index (χ3v) is 2.29. The fourth-order valence-corrected chi connectivity index (χ4v) is 1.51. The van der Waals surface area contributed by atoms with Crippen LogP contribution in [0.15, 0.2) is 6.07 Å². The van der Waals surface area contributed by atoms with Gasteiger partial charge in [-0.05, 0) is 19.9 Å². The van der Waals surface area contributed by atoms with E-state index in [1.165, 1.54) is 7.11 Å². The number of methoxy groups -OCH3 is 1. The smallest absolute Gasteiger partial charge is 0.241 e. The molecule has 0 saturated heterocycles. The van der Waals surface area contributed by atoms with Crippen LogP contribution in [0, 0.1) is 13.8 Å². The van der Waals surface area contributed by atoms with Gasteiger partial charge in [0.1, 0.15) is 6.54 Å². The lowest BCUT2D eigenvalue weighted by Crippen LogP contribution is -2.36. The number of nitrogens with one attached hydrogen (secondary N) is 1. The van der Waals surface area contributed by atoms with Gasteiger partial charge in [0.15, 0.2) is 0 Å². The van der Waals surface area contributed by atoms with Crippen molar-refractivity contribution in [2.24, 2.45) is 0 Å². The summed E-state index contributed by atoms with van der Waals surface area (Å²) in [7, 11) is 1.50. The Balaban J connectivity index is 2.37. The van der Waals surface area contributed by atoms with E-state index in [4.69, 9.17) is 4.74 Å². The second-order valence-electron chi connectivity index (χ2n) is 4.00. The lowest BCUT2D eigenvalue weighted by atomic mass is 10.3. The SMILES string of the molecule is COCC(O)CNC(=O)Cn1nc(C)cc1C. The number of hydrogen-bond acceptors (Lipinski definition) is 4. The highest BCUT2D eigenvalue weighted by molar-refractivity contribution is 5.75. The van der Waals surface area contributed by atoms with Crippen molar-refractivity contribution in [3.8, 4) is 0 Å². The van der Waals surface area contributed by atoms with Gasteiger partial charge in [-0.25, -0.2) is 0 Å². The molecule has 0 saturated carbocycles. The van der Waals surface area contributed by atoms with Gasteiger partial charge in [-0.3, -0.25) is 9.48 Å². The summed E-state index contributed by atoms with van der Waals surface area (Å²) >= 11 is 0. The Bertz CT molecular complexity index is 376. The van der Waals surface area contributed by atoms with Crippen molar-refractivity contribution in [1.82, 2.24) is 15.1 Å². The number of aliphatic hydroxyl groups excluding tert-OH is 1. The van der Waals surface area contributed by atoms with E-state index in [2.05, 4.69) is 10.4 Å². The first kappa shape index (κ1) is 13.7. The highest BCUT2D eigenvalue weighted by Crippen LogP contribution is 2.00. The van der Waals surface area contributed by atoms with Crippen LogP contribution in [0.3, 0.4) is 0 Å². The summed E-state index contributed by atoms with van der Waals surface area (Å²) in [6.07, 6.45) is -0.676. The average molecular weight is 241 g/mol. The number of aryl methyl sites for hydroxylation is 2. The third-order valence-electron chi connectivity index (χ3n) is 2.29. The molecule has 0 bridgehead atoms. The van der Waals surface area contributed by atoms with Crippen LogP contribution in [0.5, 0.6) is 0 Å². The first-order chi connectivity index (χ1) is 8.02. The van der Waals surface area contributed by atoms with Crippen molar-refractivity contribution in [3.63, 3.8) is 0 Å². The molecule has 0 radical (unpaired) electrons. The van der Waals surface area contributed by atoms with Gasteiger partial charge < -0.3 is 15.2 Å². The van der Waals surface area contributed by atoms with E-state index in [1.54, 1.807) is 4.68 Å². The number of amides is 1. The zero-order chi connectivity index (χ0) is 12.8. The fourth-order valence-electron chi connectivity index (χ4n) is 1.51. The monoisotopic (exact) mass is 241 g/mol. The molecule has 1 rings (SSSR count). The van der Waals surface area contributed by atoms with Crippen molar-refractivity contribution >= 4 is 5.91 Å². The van der Waals surface area contributed by atoms with E-state index >= 15 is 0 Å². The Labute approximate surface area is 101 Å². The molecule has 0 fully saturated rings. The normalized spacial score (nSPS) is 12.5. The van der Waals surface area contributed by atoms with Gasteiger partial charge in [0.25, 0.3) is 0 Å². The molecule has 96 valence electrons. The minimum Gasteiger partial charge on any atom is -0.389 e. The van der Waals surface area contributed by atoms with Crippen LogP contribution in [0.1, 0.15) is 11.4 Å². The summed E-state index contributed by atoms with van der Waals surface area (Å²) in [6.45, 7) is 4.34. The van der Waals surface area contributed by atoms with E-state index < -0.39 is 6.10 Å². The fraction of sp³-hybridized carbons (Fsp3) is 0.636. The maximum atomic E-state index is 11.6. The lowest BCUT2D eigenvalue weighted by molar-refractivity contribution is -0.122. The van der Waals surface area contributed by atoms with Gasteiger partial charge in [-0.1, -0.05) is 0 Å². The lowest BCUT2D eigenvalue weighted by Gasteiger charge is -2.11. The van der Waals surface area contributed by atoms with E-state index in [0.29, 0.717) is 0 Å². The van der Waals surface area contributed by atoms with Crippen LogP contribution in [0.25, 0.3) is 0 Å². The van der Waals surface area contributed by atoms with Crippen molar-refractivity contribution in [1.29, 1.82) is 0 Å². The molecule has 6 nitrogen and oxygen atoms in total. The summed E-state index contributed by atoms with van der Waals surface area (Å²) < 4.78 is 6.39. The van der Waals surface area contributed by atoms with Crippen molar-refractivity contribution in [3.05, 3.63) is 17.5 Å². The molecule has 1 atom stereocenters. The van der Waals surface area contributed by atoms with Crippen LogP contribution in [-0.2, 0) is 16.1 Å². The predicted molar refractivity (Wildman–Crippen MR) is 62.6 cm³/mol. The average Bonchev–Trinajstić information content (AvgIpc) is 2.55. The predicted octanol–water partition coefficient (Wildman–Crippen LogP) is -0.377. The number of aliphatic hydroxyl groups is 1. The highest BCUT2D eigenvalue weighted by atomic mass is 16.5. The molecule has 1 aromatic heterocycles. The number of rotatable bonds is 6. The van der Waals surface area contributed by atoms with Gasteiger partial charge in [-0.15, -0.1) is 0 Å². The topological polar surface area (TPSA) is 76.4 Å². The van der Waals surface area contributed by atoms with Crippen LogP contribution in [0.4, 0.5) is 0 Å². The van der Waals surface area contributed by atoms with Crippen molar-refractivity contribution in [2.45, 2.75) is 26.5 Å². The molecular weight excluding hydrogens is 222 g/mol. The molecule has 6 heteroatoms. The molecular formula is C11H19N3O3. The van der Waals surface area contributed by atoms with E-state index in [0.717, 1.165) is 11.4 Å². The summed E-state index contributed by atoms with van der Waals surface area (Å²) in [4.78, 5) is 11.6. The van der Waals surface area contributed by atoms with Gasteiger partial charge >= 0.3 is 0 Å². The third kappa shape index (κ3) is 4.54. The number of carbonyl (C=O) groups is 1. The number of hydrogen-bond donors (Lipinski definition) is 2. The maximum absolute atomic E-state index is 11.6. The van der Waals surface area contributed by atoms with Gasteiger partial charge in [0.05, 0.1) is 18.4 Å². The van der Waals surface area contributed by atoms with Crippen molar-refractivity contribution < 1.29 is 14.6 Å². The standard InChI is InChI=1S/C11H19N3O3/c1-8-4-9(2)14(13-8)6-11(16)12-5-10(15)7-17-3/h4,10,15H,5-7H2,1-3H3,(H,12,16). The van der Waals surface area contributed by atoms with Crippen LogP contribution >= 0.6 is 0 Å². The first-order valence-corrected chi connectivity index (χ1v) is 5.47. The minimum atomic E-state index is -0.676. The highest BCUT2D eigenvalue weighted by Gasteiger charge is 2.09. The molecule has 0 aliphatic heterocycles. The molecule has 17 heavy (non-hydrogen) atoms. The van der Waals surface area contributed by atoms with Gasteiger partial charge in [-0.2, -0.15) is 5.10 Å². The number of carbonyl (C=O) groups excluding carboxylic acids is 1. The zero-order valence-corrected chi connectivity index (χ0v) is 10.4. The Hall–Kier alpha value is -1.40. The van der Waals surface area contributed by atoms with E-state index in [9.17, 15) is 9.90 Å². The molecule has 0 aromatic carbocycles. The summed E-state index contributed by atoms with van der Waals surface area (Å²) in [6, 6.07) is 1.91. The molecule has 1 aromatic rings.